The van der Waals surface area contributed by atoms with E-state index in [2.05, 4.69) is 39.7 Å². The van der Waals surface area contributed by atoms with Crippen LogP contribution in [0.4, 0.5) is 0 Å². The van der Waals surface area contributed by atoms with Gasteiger partial charge < -0.3 is 9.84 Å². The van der Waals surface area contributed by atoms with Crippen molar-refractivity contribution in [3.05, 3.63) is 47.1 Å². The summed E-state index contributed by atoms with van der Waals surface area (Å²) in [5.74, 6) is 1.76. The van der Waals surface area contributed by atoms with Gasteiger partial charge in [-0.25, -0.2) is 0 Å². The number of nitrogens with zero attached hydrogens (tertiary/aromatic N) is 2. The Bertz CT molecular complexity index is 535. The summed E-state index contributed by atoms with van der Waals surface area (Å²) in [5, 5.41) is 7.04. The van der Waals surface area contributed by atoms with Gasteiger partial charge in [-0.15, -0.1) is 0 Å². The van der Waals surface area contributed by atoms with Gasteiger partial charge in [0.05, 0.1) is 12.5 Å². The largest absolute Gasteiger partial charge is 0.339 e. The smallest absolute Gasteiger partial charge is 0.234 e. The lowest BCUT2D eigenvalue weighted by atomic mass is 9.83. The zero-order valence-electron chi connectivity index (χ0n) is 10.5. The lowest BCUT2D eigenvalue weighted by molar-refractivity contribution is 0.350. The van der Waals surface area contributed by atoms with E-state index in [-0.39, 0.29) is 5.92 Å². The van der Waals surface area contributed by atoms with E-state index in [1.807, 2.05) is 7.05 Å². The summed E-state index contributed by atoms with van der Waals surface area (Å²) >= 11 is 0. The normalized spacial score (nSPS) is 18.6. The molecule has 1 aliphatic rings. The van der Waals surface area contributed by atoms with Crippen molar-refractivity contribution < 1.29 is 4.52 Å². The highest BCUT2D eigenvalue weighted by atomic mass is 16.5. The van der Waals surface area contributed by atoms with E-state index in [0.717, 1.165) is 24.6 Å². The van der Waals surface area contributed by atoms with E-state index in [9.17, 15) is 0 Å². The summed E-state index contributed by atoms with van der Waals surface area (Å²) in [7, 11) is 1.88. The first-order chi connectivity index (χ1) is 8.88. The Labute approximate surface area is 106 Å². The molecule has 1 aliphatic carbocycles. The third kappa shape index (κ3) is 2.04. The van der Waals surface area contributed by atoms with E-state index in [0.29, 0.717) is 6.54 Å². The van der Waals surface area contributed by atoms with Gasteiger partial charge >= 0.3 is 0 Å². The fraction of sp³-hybridized carbons (Fsp3) is 0.429. The van der Waals surface area contributed by atoms with E-state index < -0.39 is 0 Å². The van der Waals surface area contributed by atoms with Gasteiger partial charge in [-0.05, 0) is 37.4 Å². The van der Waals surface area contributed by atoms with Gasteiger partial charge in [0.1, 0.15) is 0 Å². The van der Waals surface area contributed by atoms with Gasteiger partial charge in [0, 0.05) is 0 Å². The van der Waals surface area contributed by atoms with Crippen LogP contribution in [0.15, 0.2) is 28.8 Å². The molecule has 0 spiro atoms. The van der Waals surface area contributed by atoms with Gasteiger partial charge in [-0.3, -0.25) is 0 Å². The fourth-order valence-corrected chi connectivity index (χ4v) is 2.65. The molecular formula is C14H17N3O. The van der Waals surface area contributed by atoms with Crippen LogP contribution in [-0.4, -0.2) is 17.2 Å². The molecule has 3 rings (SSSR count). The summed E-state index contributed by atoms with van der Waals surface area (Å²) in [6, 6.07) is 8.57. The predicted molar refractivity (Wildman–Crippen MR) is 68.3 cm³/mol. The first-order valence-corrected chi connectivity index (χ1v) is 6.43. The molecule has 0 bridgehead atoms. The van der Waals surface area contributed by atoms with Gasteiger partial charge in [-0.1, -0.05) is 29.4 Å². The molecule has 0 amide bonds. The molecule has 1 aromatic heterocycles. The third-order valence-electron chi connectivity index (χ3n) is 3.49. The van der Waals surface area contributed by atoms with Crippen molar-refractivity contribution in [3.63, 3.8) is 0 Å². The van der Waals surface area contributed by atoms with Crippen LogP contribution < -0.4 is 5.32 Å². The van der Waals surface area contributed by atoms with Crippen molar-refractivity contribution in [2.75, 3.05) is 7.05 Å². The first-order valence-electron chi connectivity index (χ1n) is 6.43. The Hall–Kier alpha value is -1.68. The molecule has 1 aromatic carbocycles. The number of hydrogen-bond donors (Lipinski definition) is 1. The summed E-state index contributed by atoms with van der Waals surface area (Å²) < 4.78 is 5.41. The Kier molecular flexibility index (Phi) is 3.11. The van der Waals surface area contributed by atoms with Crippen molar-refractivity contribution in [2.45, 2.75) is 31.7 Å². The molecule has 0 radical (unpaired) electrons. The second-order valence-corrected chi connectivity index (χ2v) is 4.72. The second kappa shape index (κ2) is 4.90. The minimum Gasteiger partial charge on any atom is -0.339 e. The minimum absolute atomic E-state index is 0.271. The second-order valence-electron chi connectivity index (χ2n) is 4.72. The molecule has 4 heteroatoms. The molecule has 0 fully saturated rings. The first kappa shape index (κ1) is 11.4. The van der Waals surface area contributed by atoms with E-state index in [1.54, 1.807) is 0 Å². The lowest BCUT2D eigenvalue weighted by Gasteiger charge is -2.22. The highest BCUT2D eigenvalue weighted by Crippen LogP contribution is 2.35. The SMILES string of the molecule is CNCc1noc(C2CCCc3ccccc32)n1. The van der Waals surface area contributed by atoms with Crippen LogP contribution in [0.2, 0.25) is 0 Å². The van der Waals surface area contributed by atoms with Crippen LogP contribution in [-0.2, 0) is 13.0 Å². The average molecular weight is 243 g/mol. The van der Waals surface area contributed by atoms with Gasteiger partial charge in [0.2, 0.25) is 5.89 Å². The van der Waals surface area contributed by atoms with Crippen molar-refractivity contribution >= 4 is 0 Å². The van der Waals surface area contributed by atoms with Crippen molar-refractivity contribution in [1.82, 2.24) is 15.5 Å². The summed E-state index contributed by atoms with van der Waals surface area (Å²) in [6.07, 6.45) is 3.44. The monoisotopic (exact) mass is 243 g/mol. The molecule has 94 valence electrons. The summed E-state index contributed by atoms with van der Waals surface area (Å²) in [6.45, 7) is 0.651. The van der Waals surface area contributed by atoms with Gasteiger partial charge in [-0.2, -0.15) is 4.98 Å². The number of benzene rings is 1. The van der Waals surface area contributed by atoms with Crippen LogP contribution in [0.3, 0.4) is 0 Å². The summed E-state index contributed by atoms with van der Waals surface area (Å²) in [4.78, 5) is 4.48. The molecule has 1 unspecified atom stereocenters. The Morgan fingerprint density at radius 1 is 1.39 bits per heavy atom. The highest BCUT2D eigenvalue weighted by molar-refractivity contribution is 5.35. The maximum Gasteiger partial charge on any atom is 0.234 e. The van der Waals surface area contributed by atoms with Crippen molar-refractivity contribution in [1.29, 1.82) is 0 Å². The van der Waals surface area contributed by atoms with Gasteiger partial charge in [0.15, 0.2) is 5.82 Å². The molecular weight excluding hydrogens is 226 g/mol. The highest BCUT2D eigenvalue weighted by Gasteiger charge is 2.26. The molecule has 0 aliphatic heterocycles. The zero-order chi connectivity index (χ0) is 12.4. The molecule has 0 saturated carbocycles. The maximum atomic E-state index is 5.41. The number of fused-ring (bicyclic) bond motifs is 1. The summed E-state index contributed by atoms with van der Waals surface area (Å²) in [5.41, 5.74) is 2.77. The van der Waals surface area contributed by atoms with Crippen LogP contribution >= 0.6 is 0 Å². The molecule has 2 aromatic rings. The molecule has 1 atom stereocenters. The maximum absolute atomic E-state index is 5.41. The minimum atomic E-state index is 0.271. The quantitative estimate of drug-likeness (QED) is 0.898. The topological polar surface area (TPSA) is 51.0 Å². The van der Waals surface area contributed by atoms with Crippen LogP contribution in [0, 0.1) is 0 Å². The number of aromatic nitrogens is 2. The molecule has 18 heavy (non-hydrogen) atoms. The van der Waals surface area contributed by atoms with Gasteiger partial charge in [0.25, 0.3) is 0 Å². The van der Waals surface area contributed by atoms with Crippen LogP contribution in [0.5, 0.6) is 0 Å². The number of aryl methyl sites for hydroxylation is 1. The average Bonchev–Trinajstić information content (AvgIpc) is 2.87. The Balaban J connectivity index is 1.92. The van der Waals surface area contributed by atoms with Crippen LogP contribution in [0.1, 0.15) is 41.6 Å². The lowest BCUT2D eigenvalue weighted by Crippen LogP contribution is -2.11. The number of hydrogen-bond acceptors (Lipinski definition) is 4. The zero-order valence-corrected chi connectivity index (χ0v) is 10.5. The molecule has 0 saturated heterocycles. The fourth-order valence-electron chi connectivity index (χ4n) is 2.65. The van der Waals surface area contributed by atoms with E-state index in [4.69, 9.17) is 4.52 Å². The van der Waals surface area contributed by atoms with E-state index >= 15 is 0 Å². The Morgan fingerprint density at radius 2 is 2.28 bits per heavy atom. The van der Waals surface area contributed by atoms with Crippen molar-refractivity contribution in [2.24, 2.45) is 0 Å². The molecule has 4 nitrogen and oxygen atoms in total. The van der Waals surface area contributed by atoms with Crippen LogP contribution in [0.25, 0.3) is 0 Å². The Morgan fingerprint density at radius 3 is 3.17 bits per heavy atom. The number of nitrogens with one attached hydrogen (secondary N) is 1. The predicted octanol–water partition coefficient (Wildman–Crippen LogP) is 2.26. The van der Waals surface area contributed by atoms with Crippen molar-refractivity contribution in [3.8, 4) is 0 Å². The number of rotatable bonds is 3. The third-order valence-corrected chi connectivity index (χ3v) is 3.49. The molecule has 1 heterocycles. The standard InChI is InChI=1S/C14H17N3O/c1-15-9-13-16-14(18-17-13)12-8-4-6-10-5-2-3-7-11(10)12/h2-3,5,7,12,15H,4,6,8-9H2,1H3. The molecule has 1 N–H and O–H groups in total. The van der Waals surface area contributed by atoms with E-state index in [1.165, 1.54) is 17.5 Å².